The Kier molecular flexibility index (Phi) is 6.02. The summed E-state index contributed by atoms with van der Waals surface area (Å²) >= 11 is 0. The molecule has 1 N–H and O–H groups in total. The van der Waals surface area contributed by atoms with Crippen molar-refractivity contribution in [1.29, 1.82) is 0 Å². The van der Waals surface area contributed by atoms with Crippen LogP contribution in [0.25, 0.3) is 11.0 Å². The number of sulfonamides is 1. The van der Waals surface area contributed by atoms with Gasteiger partial charge < -0.3 is 9.84 Å². The van der Waals surface area contributed by atoms with Crippen LogP contribution in [0.3, 0.4) is 0 Å². The molecule has 3 rings (SSSR count). The maximum Gasteiger partial charge on any atom is 0.220 e. The maximum absolute atomic E-state index is 12.8. The van der Waals surface area contributed by atoms with Crippen LogP contribution in [-0.2, 0) is 15.8 Å². The average Bonchev–Trinajstić information content (AvgIpc) is 3.15. The zero-order valence-electron chi connectivity index (χ0n) is 13.1. The first kappa shape index (κ1) is 18.2. The number of aromatic nitrogens is 1. The number of nitrogens with zero attached hydrogens (tertiary/aromatic N) is 2. The van der Waals surface area contributed by atoms with Crippen molar-refractivity contribution in [3.8, 4) is 0 Å². The first-order chi connectivity index (χ1) is 10.6. The van der Waals surface area contributed by atoms with Crippen molar-refractivity contribution >= 4 is 33.4 Å². The quantitative estimate of drug-likeness (QED) is 0.855. The van der Waals surface area contributed by atoms with E-state index in [4.69, 9.17) is 4.52 Å². The van der Waals surface area contributed by atoms with E-state index in [9.17, 15) is 8.42 Å². The molecule has 0 radical (unpaired) electrons. The smallest absolute Gasteiger partial charge is 0.220 e. The Labute approximate surface area is 142 Å². The second-order valence-corrected chi connectivity index (χ2v) is 7.56. The number of benzene rings is 1. The first-order valence-electron chi connectivity index (χ1n) is 7.65. The zero-order valence-corrected chi connectivity index (χ0v) is 14.7. The van der Waals surface area contributed by atoms with E-state index in [1.165, 1.54) is 0 Å². The highest BCUT2D eigenvalue weighted by Gasteiger charge is 2.32. The number of hydrogen-bond donors (Lipinski definition) is 1. The molecular weight excluding hydrogens is 338 g/mol. The molecule has 1 aromatic heterocycles. The van der Waals surface area contributed by atoms with Gasteiger partial charge in [0.15, 0.2) is 5.58 Å². The lowest BCUT2D eigenvalue weighted by molar-refractivity contribution is 0.334. The molecule has 1 saturated heterocycles. The largest absolute Gasteiger partial charge is 0.356 e. The van der Waals surface area contributed by atoms with Crippen LogP contribution in [-0.4, -0.2) is 43.6 Å². The molecule has 0 amide bonds. The lowest BCUT2D eigenvalue weighted by Crippen LogP contribution is -2.42. The lowest BCUT2D eigenvalue weighted by Gasteiger charge is -2.26. The zero-order chi connectivity index (χ0) is 15.6. The van der Waals surface area contributed by atoms with Crippen LogP contribution in [0.5, 0.6) is 0 Å². The third-order valence-electron chi connectivity index (χ3n) is 4.01. The summed E-state index contributed by atoms with van der Waals surface area (Å²) < 4.78 is 32.5. The molecule has 1 fully saturated rings. The second-order valence-electron chi connectivity index (χ2n) is 5.64. The molecule has 2 aromatic rings. The van der Waals surface area contributed by atoms with Crippen molar-refractivity contribution in [3.05, 3.63) is 30.0 Å². The predicted molar refractivity (Wildman–Crippen MR) is 92.2 cm³/mol. The fraction of sp³-hybridized carbons (Fsp3) is 0.533. The number of hydrogen-bond acceptors (Lipinski definition) is 5. The summed E-state index contributed by atoms with van der Waals surface area (Å²) in [5, 5.41) is 7.96. The van der Waals surface area contributed by atoms with Crippen LogP contribution >= 0.6 is 12.4 Å². The van der Waals surface area contributed by atoms with E-state index in [1.807, 2.05) is 25.1 Å². The van der Waals surface area contributed by atoms with Gasteiger partial charge in [0.2, 0.25) is 10.0 Å². The van der Waals surface area contributed by atoms with Gasteiger partial charge in [-0.2, -0.15) is 4.31 Å². The highest BCUT2D eigenvalue weighted by atomic mass is 35.5. The normalized spacial score (nSPS) is 18.4. The van der Waals surface area contributed by atoms with Gasteiger partial charge in [0.1, 0.15) is 11.4 Å². The summed E-state index contributed by atoms with van der Waals surface area (Å²) in [5.74, 6) is -0.111. The van der Waals surface area contributed by atoms with Crippen LogP contribution in [0.2, 0.25) is 0 Å². The summed E-state index contributed by atoms with van der Waals surface area (Å²) in [7, 11) is -3.41. The average molecular weight is 360 g/mol. The first-order valence-corrected chi connectivity index (χ1v) is 9.26. The Morgan fingerprint density at radius 1 is 1.39 bits per heavy atom. The number of halogens is 1. The van der Waals surface area contributed by atoms with E-state index in [2.05, 4.69) is 10.5 Å². The highest BCUT2D eigenvalue weighted by molar-refractivity contribution is 7.88. The fourth-order valence-electron chi connectivity index (χ4n) is 2.95. The van der Waals surface area contributed by atoms with Gasteiger partial charge in [-0.3, -0.25) is 0 Å². The third-order valence-corrected chi connectivity index (χ3v) is 5.85. The standard InChI is InChI=1S/C15H21N3O3S.ClH/c1-2-9-18(12-7-8-16-10-12)22(19,20)11-14-13-5-3-4-6-15(13)21-17-14;/h3-6,12,16H,2,7-11H2,1H3;1H. The maximum atomic E-state index is 12.8. The predicted octanol–water partition coefficient (Wildman–Crippen LogP) is 2.15. The minimum atomic E-state index is -3.41. The molecule has 6 nitrogen and oxygen atoms in total. The van der Waals surface area contributed by atoms with Crippen LogP contribution < -0.4 is 5.32 Å². The number of para-hydroxylation sites is 1. The van der Waals surface area contributed by atoms with E-state index in [0.717, 1.165) is 31.3 Å². The Morgan fingerprint density at radius 3 is 2.87 bits per heavy atom. The van der Waals surface area contributed by atoms with Crippen LogP contribution in [0.15, 0.2) is 28.8 Å². The molecule has 8 heteroatoms. The molecule has 0 spiro atoms. The van der Waals surface area contributed by atoms with Crippen molar-refractivity contribution in [2.24, 2.45) is 0 Å². The number of nitrogens with one attached hydrogen (secondary N) is 1. The Balaban J connectivity index is 0.00000192. The summed E-state index contributed by atoms with van der Waals surface area (Å²) in [6.07, 6.45) is 1.66. The van der Waals surface area contributed by atoms with Crippen LogP contribution in [0.1, 0.15) is 25.5 Å². The topological polar surface area (TPSA) is 75.4 Å². The monoisotopic (exact) mass is 359 g/mol. The van der Waals surface area contributed by atoms with Crippen LogP contribution in [0.4, 0.5) is 0 Å². The van der Waals surface area contributed by atoms with Crippen molar-refractivity contribution < 1.29 is 12.9 Å². The van der Waals surface area contributed by atoms with E-state index in [0.29, 0.717) is 17.8 Å². The Morgan fingerprint density at radius 2 is 2.17 bits per heavy atom. The van der Waals surface area contributed by atoms with Crippen molar-refractivity contribution in [3.63, 3.8) is 0 Å². The molecule has 1 unspecified atom stereocenters. The minimum absolute atomic E-state index is 0. The number of rotatable bonds is 6. The highest BCUT2D eigenvalue weighted by Crippen LogP contribution is 2.23. The molecule has 0 aliphatic carbocycles. The van der Waals surface area contributed by atoms with Gasteiger partial charge in [-0.1, -0.05) is 24.2 Å². The minimum Gasteiger partial charge on any atom is -0.356 e. The van der Waals surface area contributed by atoms with Crippen molar-refractivity contribution in [2.75, 3.05) is 19.6 Å². The summed E-state index contributed by atoms with van der Waals surface area (Å²) in [4.78, 5) is 0. The molecular formula is C15H22ClN3O3S. The van der Waals surface area contributed by atoms with Gasteiger partial charge in [-0.25, -0.2) is 8.42 Å². The molecule has 1 aliphatic heterocycles. The molecule has 1 aliphatic rings. The fourth-order valence-corrected chi connectivity index (χ4v) is 4.77. The molecule has 1 aromatic carbocycles. The molecule has 1 atom stereocenters. The van der Waals surface area contributed by atoms with Gasteiger partial charge in [0, 0.05) is 24.5 Å². The van der Waals surface area contributed by atoms with E-state index < -0.39 is 10.0 Å². The van der Waals surface area contributed by atoms with Gasteiger partial charge in [0.25, 0.3) is 0 Å². The molecule has 0 bridgehead atoms. The van der Waals surface area contributed by atoms with E-state index >= 15 is 0 Å². The molecule has 0 saturated carbocycles. The second kappa shape index (κ2) is 7.61. The van der Waals surface area contributed by atoms with E-state index in [1.54, 1.807) is 10.4 Å². The van der Waals surface area contributed by atoms with Gasteiger partial charge in [-0.15, -0.1) is 12.4 Å². The Bertz CT molecular complexity index is 741. The van der Waals surface area contributed by atoms with Crippen LogP contribution in [0, 0.1) is 0 Å². The summed E-state index contributed by atoms with van der Waals surface area (Å²) in [6.45, 7) is 4.13. The van der Waals surface area contributed by atoms with Crippen molar-refractivity contribution in [1.82, 2.24) is 14.8 Å². The Hall–Kier alpha value is -1.15. The van der Waals surface area contributed by atoms with Gasteiger partial charge >= 0.3 is 0 Å². The number of fused-ring (bicyclic) bond motifs is 1. The molecule has 23 heavy (non-hydrogen) atoms. The van der Waals surface area contributed by atoms with Crippen molar-refractivity contribution in [2.45, 2.75) is 31.6 Å². The van der Waals surface area contributed by atoms with Gasteiger partial charge in [0.05, 0.1) is 0 Å². The van der Waals surface area contributed by atoms with E-state index in [-0.39, 0.29) is 24.2 Å². The SMILES string of the molecule is CCCN(C1CCNC1)S(=O)(=O)Cc1noc2ccccc12.Cl. The lowest BCUT2D eigenvalue weighted by atomic mass is 10.2. The summed E-state index contributed by atoms with van der Waals surface area (Å²) in [5.41, 5.74) is 1.11. The summed E-state index contributed by atoms with van der Waals surface area (Å²) in [6, 6.07) is 7.39. The molecule has 2 heterocycles. The molecule has 128 valence electrons. The third kappa shape index (κ3) is 3.85. The van der Waals surface area contributed by atoms with Gasteiger partial charge in [-0.05, 0) is 31.5 Å².